The Balaban J connectivity index is 1.08. The first kappa shape index (κ1) is 23.8. The molecular weight excluding hydrogens is 470 g/mol. The third-order valence-electron chi connectivity index (χ3n) is 8.81. The molecular formula is C30H36ClN3O2. The summed E-state index contributed by atoms with van der Waals surface area (Å²) in [7, 11) is 0. The maximum Gasteiger partial charge on any atom is 0.226 e. The van der Waals surface area contributed by atoms with E-state index < -0.39 is 0 Å². The van der Waals surface area contributed by atoms with Gasteiger partial charge in [0.1, 0.15) is 11.6 Å². The zero-order valence-electron chi connectivity index (χ0n) is 21.1. The first-order chi connectivity index (χ1) is 17.5. The zero-order chi connectivity index (χ0) is 24.7. The van der Waals surface area contributed by atoms with Crippen molar-refractivity contribution in [3.63, 3.8) is 0 Å². The molecule has 4 fully saturated rings. The second kappa shape index (κ2) is 9.74. The minimum atomic E-state index is -0.0910. The van der Waals surface area contributed by atoms with Crippen LogP contribution in [0.3, 0.4) is 0 Å². The summed E-state index contributed by atoms with van der Waals surface area (Å²) in [6.45, 7) is 4.08. The first-order valence-corrected chi connectivity index (χ1v) is 14.0. The van der Waals surface area contributed by atoms with Crippen molar-refractivity contribution in [1.29, 1.82) is 0 Å². The number of hydrogen-bond donors (Lipinski definition) is 1. The average molecular weight is 506 g/mol. The predicted octanol–water partition coefficient (Wildman–Crippen LogP) is 6.34. The average Bonchev–Trinajstić information content (AvgIpc) is 3.20. The lowest BCUT2D eigenvalue weighted by Gasteiger charge is -2.55. The zero-order valence-corrected chi connectivity index (χ0v) is 21.9. The summed E-state index contributed by atoms with van der Waals surface area (Å²) < 4.78 is 8.27. The van der Waals surface area contributed by atoms with Crippen LogP contribution in [0, 0.1) is 30.1 Å². The number of carbonyl (C=O) groups is 1. The molecule has 0 aliphatic heterocycles. The third-order valence-corrected chi connectivity index (χ3v) is 9.24. The number of nitrogens with one attached hydrogen (secondary N) is 1. The highest BCUT2D eigenvalue weighted by Gasteiger charge is 2.54. The number of ether oxygens (including phenoxy) is 1. The van der Waals surface area contributed by atoms with E-state index in [9.17, 15) is 4.79 Å². The van der Waals surface area contributed by atoms with Crippen LogP contribution in [-0.2, 0) is 17.8 Å². The molecule has 1 aromatic heterocycles. The van der Waals surface area contributed by atoms with Crippen LogP contribution >= 0.6 is 11.6 Å². The van der Waals surface area contributed by atoms with Crippen molar-refractivity contribution in [3.05, 3.63) is 58.9 Å². The van der Waals surface area contributed by atoms with Crippen LogP contribution in [0.1, 0.15) is 56.3 Å². The Labute approximate surface area is 218 Å². The van der Waals surface area contributed by atoms with Crippen molar-refractivity contribution < 1.29 is 9.53 Å². The van der Waals surface area contributed by atoms with Gasteiger partial charge in [-0.25, -0.2) is 4.98 Å². The molecule has 1 heterocycles. The molecule has 2 aromatic carbocycles. The number of benzene rings is 2. The second-order valence-electron chi connectivity index (χ2n) is 11.5. The Bertz CT molecular complexity index is 1230. The van der Waals surface area contributed by atoms with Gasteiger partial charge in [-0.05, 0) is 106 Å². The number of rotatable bonds is 9. The largest absolute Gasteiger partial charge is 0.494 e. The molecule has 1 N–H and O–H groups in total. The molecule has 7 rings (SSSR count). The molecule has 4 saturated carbocycles. The van der Waals surface area contributed by atoms with E-state index in [0.717, 1.165) is 89.6 Å². The van der Waals surface area contributed by atoms with Gasteiger partial charge >= 0.3 is 0 Å². The van der Waals surface area contributed by atoms with Crippen LogP contribution in [0.15, 0.2) is 42.5 Å². The van der Waals surface area contributed by atoms with Crippen molar-refractivity contribution in [1.82, 2.24) is 14.9 Å². The summed E-state index contributed by atoms with van der Waals surface area (Å²) in [4.78, 5) is 18.3. The standard InChI is InChI=1S/C30H36ClN3O2/c1-20-13-24(7-8-25(20)31)36-12-4-11-34-27-6-3-2-5-26(27)33-28(34)9-10-32-29(35)30-17-21-14-22(18-30)16-23(15-21)19-30/h2-3,5-8,13,21-23H,4,9-12,14-19H2,1H3,(H,32,35). The highest BCUT2D eigenvalue weighted by molar-refractivity contribution is 6.31. The Kier molecular flexibility index (Phi) is 6.45. The molecule has 3 aromatic rings. The second-order valence-corrected chi connectivity index (χ2v) is 11.9. The smallest absolute Gasteiger partial charge is 0.226 e. The van der Waals surface area contributed by atoms with E-state index in [2.05, 4.69) is 28.1 Å². The van der Waals surface area contributed by atoms with Crippen LogP contribution in [0.2, 0.25) is 5.02 Å². The van der Waals surface area contributed by atoms with Gasteiger partial charge in [0.25, 0.3) is 0 Å². The number of nitrogens with zero attached hydrogens (tertiary/aromatic N) is 2. The molecule has 5 nitrogen and oxygen atoms in total. The van der Waals surface area contributed by atoms with E-state index >= 15 is 0 Å². The molecule has 4 aliphatic rings. The Morgan fingerprint density at radius 1 is 1.11 bits per heavy atom. The molecule has 0 atom stereocenters. The fraction of sp³-hybridized carbons (Fsp3) is 0.533. The summed E-state index contributed by atoms with van der Waals surface area (Å²) in [5, 5.41) is 4.09. The minimum absolute atomic E-state index is 0.0910. The summed E-state index contributed by atoms with van der Waals surface area (Å²) in [6, 6.07) is 14.1. The summed E-state index contributed by atoms with van der Waals surface area (Å²) in [5.74, 6) is 4.53. The number of halogens is 1. The predicted molar refractivity (Wildman–Crippen MR) is 143 cm³/mol. The molecule has 4 aliphatic carbocycles. The molecule has 0 saturated heterocycles. The van der Waals surface area contributed by atoms with E-state index in [1.807, 2.05) is 31.2 Å². The number of carbonyl (C=O) groups excluding carboxylic acids is 1. The molecule has 0 unspecified atom stereocenters. The van der Waals surface area contributed by atoms with E-state index in [4.69, 9.17) is 21.3 Å². The molecule has 6 heteroatoms. The van der Waals surface area contributed by atoms with E-state index in [1.54, 1.807) is 0 Å². The number of imidazole rings is 1. The molecule has 0 spiro atoms. The third kappa shape index (κ3) is 4.63. The Morgan fingerprint density at radius 3 is 2.56 bits per heavy atom. The van der Waals surface area contributed by atoms with Crippen LogP contribution in [0.4, 0.5) is 0 Å². The topological polar surface area (TPSA) is 56.1 Å². The molecule has 4 bridgehead atoms. The number of aryl methyl sites for hydroxylation is 2. The Hall–Kier alpha value is -2.53. The Morgan fingerprint density at radius 2 is 1.83 bits per heavy atom. The number of para-hydroxylation sites is 2. The van der Waals surface area contributed by atoms with E-state index in [1.165, 1.54) is 19.3 Å². The fourth-order valence-corrected chi connectivity index (χ4v) is 7.67. The lowest BCUT2D eigenvalue weighted by atomic mass is 9.49. The highest BCUT2D eigenvalue weighted by Crippen LogP contribution is 2.60. The number of aromatic nitrogens is 2. The van der Waals surface area contributed by atoms with Crippen molar-refractivity contribution in [3.8, 4) is 5.75 Å². The van der Waals surface area contributed by atoms with Gasteiger partial charge in [-0.2, -0.15) is 0 Å². The lowest BCUT2D eigenvalue weighted by Crippen LogP contribution is -2.53. The molecule has 190 valence electrons. The summed E-state index contributed by atoms with van der Waals surface area (Å²) in [6.07, 6.45) is 9.01. The van der Waals surface area contributed by atoms with Crippen molar-refractivity contribution >= 4 is 28.5 Å². The van der Waals surface area contributed by atoms with Gasteiger partial charge in [0.15, 0.2) is 0 Å². The summed E-state index contributed by atoms with van der Waals surface area (Å²) >= 11 is 6.13. The molecule has 1 amide bonds. The van der Waals surface area contributed by atoms with Gasteiger partial charge in [-0.15, -0.1) is 0 Å². The molecule has 0 radical (unpaired) electrons. The normalized spacial score (nSPS) is 26.4. The van der Waals surface area contributed by atoms with Crippen molar-refractivity contribution in [2.75, 3.05) is 13.2 Å². The number of fused-ring (bicyclic) bond motifs is 1. The number of amides is 1. The van der Waals surface area contributed by atoms with Gasteiger partial charge in [0, 0.05) is 29.9 Å². The van der Waals surface area contributed by atoms with E-state index in [0.29, 0.717) is 19.1 Å². The first-order valence-electron chi connectivity index (χ1n) is 13.6. The van der Waals surface area contributed by atoms with Gasteiger partial charge in [-0.1, -0.05) is 23.7 Å². The van der Waals surface area contributed by atoms with Gasteiger partial charge < -0.3 is 14.6 Å². The van der Waals surface area contributed by atoms with Crippen LogP contribution < -0.4 is 10.1 Å². The van der Waals surface area contributed by atoms with Crippen molar-refractivity contribution in [2.24, 2.45) is 23.2 Å². The number of hydrogen-bond acceptors (Lipinski definition) is 3. The van der Waals surface area contributed by atoms with Crippen LogP contribution in [-0.4, -0.2) is 28.6 Å². The van der Waals surface area contributed by atoms with Crippen LogP contribution in [0.5, 0.6) is 5.75 Å². The monoisotopic (exact) mass is 505 g/mol. The fourth-order valence-electron chi connectivity index (χ4n) is 7.55. The minimum Gasteiger partial charge on any atom is -0.494 e. The maximum atomic E-state index is 13.4. The maximum absolute atomic E-state index is 13.4. The van der Waals surface area contributed by atoms with E-state index in [-0.39, 0.29) is 5.41 Å². The molecule has 36 heavy (non-hydrogen) atoms. The van der Waals surface area contributed by atoms with Crippen molar-refractivity contribution in [2.45, 2.75) is 64.8 Å². The highest BCUT2D eigenvalue weighted by atomic mass is 35.5. The summed E-state index contributed by atoms with van der Waals surface area (Å²) in [5.41, 5.74) is 3.08. The van der Waals surface area contributed by atoms with Gasteiger partial charge in [0.2, 0.25) is 5.91 Å². The van der Waals surface area contributed by atoms with Gasteiger partial charge in [-0.3, -0.25) is 4.79 Å². The van der Waals surface area contributed by atoms with Crippen LogP contribution in [0.25, 0.3) is 11.0 Å². The SMILES string of the molecule is Cc1cc(OCCCn2c(CCNC(=O)C34CC5CC(CC(C5)C3)C4)nc3ccccc32)ccc1Cl. The quantitative estimate of drug-likeness (QED) is 0.345. The lowest BCUT2D eigenvalue weighted by molar-refractivity contribution is -0.146. The van der Waals surface area contributed by atoms with Gasteiger partial charge in [0.05, 0.1) is 17.6 Å².